The van der Waals surface area contributed by atoms with E-state index in [9.17, 15) is 0 Å². The lowest BCUT2D eigenvalue weighted by atomic mass is 9.73. The van der Waals surface area contributed by atoms with Crippen LogP contribution in [0.15, 0.2) is 170 Å². The first-order valence-electron chi connectivity index (χ1n) is 18.6. The van der Waals surface area contributed by atoms with Gasteiger partial charge in [-0.1, -0.05) is 98.8 Å². The van der Waals surface area contributed by atoms with Gasteiger partial charge in [0, 0.05) is 33.5 Å². The van der Waals surface area contributed by atoms with Gasteiger partial charge in [0.25, 0.3) is 0 Å². The van der Waals surface area contributed by atoms with Crippen LogP contribution in [0, 0.1) is 6.57 Å². The summed E-state index contributed by atoms with van der Waals surface area (Å²) in [7, 11) is 0. The minimum absolute atomic E-state index is 0.135. The fraction of sp³-hybridized carbons (Fsp3) is 0.0612. The van der Waals surface area contributed by atoms with E-state index in [1.807, 2.05) is 48.5 Å². The van der Waals surface area contributed by atoms with Crippen LogP contribution in [0.1, 0.15) is 25.0 Å². The maximum Gasteiger partial charge on any atom is 0.187 e. The highest BCUT2D eigenvalue weighted by molar-refractivity contribution is 5.88. The number of anilines is 6. The molecule has 2 aliphatic heterocycles. The number of aromatic nitrogens is 3. The molecule has 1 aromatic heterocycles. The zero-order valence-corrected chi connectivity index (χ0v) is 30.8. The molecule has 3 heterocycles. The van der Waals surface area contributed by atoms with Gasteiger partial charge in [-0.15, -0.1) is 0 Å². The molecule has 0 atom stereocenters. The number of rotatable bonds is 5. The van der Waals surface area contributed by atoms with E-state index in [2.05, 4.69) is 138 Å². The Bertz CT molecular complexity index is 2730. The van der Waals surface area contributed by atoms with Gasteiger partial charge in [0.15, 0.2) is 34.7 Å². The normalized spacial score (nSPS) is 13.4. The number of hydrogen-bond donors (Lipinski definition) is 0. The van der Waals surface area contributed by atoms with Crippen molar-refractivity contribution in [2.75, 3.05) is 9.80 Å². The third kappa shape index (κ3) is 5.47. The second-order valence-electron chi connectivity index (χ2n) is 14.4. The van der Waals surface area contributed by atoms with Crippen LogP contribution in [-0.4, -0.2) is 15.0 Å². The Labute approximate surface area is 325 Å². The molecule has 7 nitrogen and oxygen atoms in total. The summed E-state index contributed by atoms with van der Waals surface area (Å²) >= 11 is 0. The van der Waals surface area contributed by atoms with E-state index < -0.39 is 0 Å². The highest BCUT2D eigenvalue weighted by Crippen LogP contribution is 2.52. The third-order valence-electron chi connectivity index (χ3n) is 10.7. The van der Waals surface area contributed by atoms with Crippen molar-refractivity contribution in [2.24, 2.45) is 0 Å². The summed E-state index contributed by atoms with van der Waals surface area (Å²) < 4.78 is 6.24. The second-order valence-corrected chi connectivity index (χ2v) is 14.4. The summed E-state index contributed by atoms with van der Waals surface area (Å²) in [5.74, 6) is 3.25. The van der Waals surface area contributed by atoms with E-state index in [0.717, 1.165) is 50.9 Å². The highest BCUT2D eigenvalue weighted by atomic mass is 16.5. The lowest BCUT2D eigenvalue weighted by Crippen LogP contribution is -2.30. The Morgan fingerprint density at radius 1 is 0.446 bits per heavy atom. The summed E-state index contributed by atoms with van der Waals surface area (Å²) in [6.07, 6.45) is 0. The van der Waals surface area contributed by atoms with E-state index in [4.69, 9.17) is 26.3 Å². The SMILES string of the molecule is [C-]#[N+]c1ccc(-c2nc(-c3ccc(N4c5ccccc5Oc5ccccc54)cc3)nc(-c3ccc(N4c5ccccc5C(C)(C)c5ccccc54)cc3)n2)cc1. The summed E-state index contributed by atoms with van der Waals surface area (Å²) in [5, 5.41) is 0. The molecule has 0 saturated carbocycles. The van der Waals surface area contributed by atoms with Crippen molar-refractivity contribution in [3.8, 4) is 45.7 Å². The molecule has 0 N–H and O–H groups in total. The summed E-state index contributed by atoms with van der Waals surface area (Å²) in [5.41, 5.74) is 11.8. The van der Waals surface area contributed by atoms with Gasteiger partial charge in [0.1, 0.15) is 0 Å². The summed E-state index contributed by atoms with van der Waals surface area (Å²) in [4.78, 5) is 23.2. The van der Waals surface area contributed by atoms with Crippen LogP contribution in [-0.2, 0) is 5.41 Å². The lowest BCUT2D eigenvalue weighted by molar-refractivity contribution is 0.477. The molecule has 0 saturated heterocycles. The van der Waals surface area contributed by atoms with Gasteiger partial charge in [-0.3, -0.25) is 0 Å². The van der Waals surface area contributed by atoms with Crippen LogP contribution in [0.25, 0.3) is 39.0 Å². The molecule has 266 valence electrons. The standard InChI is InChI=1S/C49H34N6O/c1-49(2)38-12-4-6-14-40(38)54(41-15-7-5-13-39(41)49)36-28-22-33(23-29-36)47-51-46(32-20-26-35(50-3)27-21-32)52-48(53-47)34-24-30-37(31-25-34)55-42-16-8-10-18-44(42)56-45-19-11-9-17-43(45)55/h4-31H,1-2H3. The number of fused-ring (bicyclic) bond motifs is 4. The second kappa shape index (κ2) is 13.1. The van der Waals surface area contributed by atoms with Crippen LogP contribution >= 0.6 is 0 Å². The number of para-hydroxylation sites is 6. The molecule has 8 aromatic rings. The smallest absolute Gasteiger partial charge is 0.187 e. The van der Waals surface area contributed by atoms with Crippen LogP contribution in [0.4, 0.5) is 39.8 Å². The number of nitrogens with zero attached hydrogens (tertiary/aromatic N) is 6. The molecule has 0 spiro atoms. The van der Waals surface area contributed by atoms with E-state index >= 15 is 0 Å². The van der Waals surface area contributed by atoms with Gasteiger partial charge in [-0.25, -0.2) is 19.8 Å². The molecule has 2 aliphatic rings. The molecule has 7 heteroatoms. The third-order valence-corrected chi connectivity index (χ3v) is 10.7. The Morgan fingerprint density at radius 2 is 0.804 bits per heavy atom. The number of benzene rings is 7. The average Bonchev–Trinajstić information content (AvgIpc) is 3.26. The summed E-state index contributed by atoms with van der Waals surface area (Å²) in [6, 6.07) is 57.6. The van der Waals surface area contributed by atoms with Crippen molar-refractivity contribution >= 4 is 39.8 Å². The Morgan fingerprint density at radius 3 is 1.23 bits per heavy atom. The average molecular weight is 723 g/mol. The van der Waals surface area contributed by atoms with Crippen molar-refractivity contribution < 1.29 is 4.74 Å². The van der Waals surface area contributed by atoms with Crippen LogP contribution in [0.2, 0.25) is 0 Å². The predicted molar refractivity (Wildman–Crippen MR) is 224 cm³/mol. The van der Waals surface area contributed by atoms with Gasteiger partial charge < -0.3 is 14.5 Å². The maximum atomic E-state index is 7.45. The minimum atomic E-state index is -0.135. The molecule has 7 aromatic carbocycles. The first kappa shape index (κ1) is 33.0. The topological polar surface area (TPSA) is 58.7 Å². The minimum Gasteiger partial charge on any atom is -0.453 e. The fourth-order valence-corrected chi connectivity index (χ4v) is 7.90. The van der Waals surface area contributed by atoms with Crippen molar-refractivity contribution in [1.82, 2.24) is 15.0 Å². The highest BCUT2D eigenvalue weighted by Gasteiger charge is 2.36. The van der Waals surface area contributed by atoms with Gasteiger partial charge in [-0.2, -0.15) is 0 Å². The predicted octanol–water partition coefficient (Wildman–Crippen LogP) is 13.1. The fourth-order valence-electron chi connectivity index (χ4n) is 7.90. The van der Waals surface area contributed by atoms with E-state index in [0.29, 0.717) is 23.2 Å². The van der Waals surface area contributed by atoms with E-state index in [-0.39, 0.29) is 5.41 Å². The van der Waals surface area contributed by atoms with Crippen LogP contribution in [0.3, 0.4) is 0 Å². The molecule has 0 bridgehead atoms. The molecule has 0 amide bonds. The number of ether oxygens (including phenoxy) is 1. The molecule has 10 rings (SSSR count). The zero-order chi connectivity index (χ0) is 37.8. The number of hydrogen-bond acceptors (Lipinski definition) is 6. The first-order chi connectivity index (χ1) is 27.5. The van der Waals surface area contributed by atoms with Crippen molar-refractivity contribution in [2.45, 2.75) is 19.3 Å². The lowest BCUT2D eigenvalue weighted by Gasteiger charge is -2.42. The van der Waals surface area contributed by atoms with Gasteiger partial charge in [0.05, 0.1) is 29.3 Å². The van der Waals surface area contributed by atoms with Gasteiger partial charge in [-0.05, 0) is 96.1 Å². The van der Waals surface area contributed by atoms with Crippen molar-refractivity contribution in [3.05, 3.63) is 192 Å². The quantitative estimate of drug-likeness (QED) is 0.165. The molecule has 56 heavy (non-hydrogen) atoms. The van der Waals surface area contributed by atoms with E-state index in [1.165, 1.54) is 22.5 Å². The van der Waals surface area contributed by atoms with E-state index in [1.54, 1.807) is 12.1 Å². The Hall–Kier alpha value is -7.56. The maximum absolute atomic E-state index is 7.45. The molecular weight excluding hydrogens is 689 g/mol. The first-order valence-corrected chi connectivity index (χ1v) is 18.6. The van der Waals surface area contributed by atoms with Crippen LogP contribution in [0.5, 0.6) is 11.5 Å². The molecule has 0 unspecified atom stereocenters. The Kier molecular flexibility index (Phi) is 7.72. The largest absolute Gasteiger partial charge is 0.453 e. The van der Waals surface area contributed by atoms with Crippen molar-refractivity contribution in [3.63, 3.8) is 0 Å². The molecular formula is C49H34N6O. The molecule has 0 radical (unpaired) electrons. The zero-order valence-electron chi connectivity index (χ0n) is 30.8. The molecule has 0 fully saturated rings. The monoisotopic (exact) mass is 722 g/mol. The Balaban J connectivity index is 1.05. The molecule has 0 aliphatic carbocycles. The van der Waals surface area contributed by atoms with Gasteiger partial charge >= 0.3 is 0 Å². The van der Waals surface area contributed by atoms with Gasteiger partial charge in [0.2, 0.25) is 0 Å². The summed E-state index contributed by atoms with van der Waals surface area (Å²) in [6.45, 7) is 12.0. The van der Waals surface area contributed by atoms with Crippen LogP contribution < -0.4 is 14.5 Å². The van der Waals surface area contributed by atoms with Crippen molar-refractivity contribution in [1.29, 1.82) is 0 Å².